The predicted molar refractivity (Wildman–Crippen MR) is 97.2 cm³/mol. The number of pyridine rings is 1. The van der Waals surface area contributed by atoms with Crippen LogP contribution in [0.25, 0.3) is 22.2 Å². The second-order valence-electron chi connectivity index (χ2n) is 5.78. The van der Waals surface area contributed by atoms with E-state index in [4.69, 9.17) is 16.2 Å². The van der Waals surface area contributed by atoms with Gasteiger partial charge in [0.2, 0.25) is 5.95 Å². The van der Waals surface area contributed by atoms with Gasteiger partial charge in [0.15, 0.2) is 11.6 Å². The highest BCUT2D eigenvalue weighted by atomic mass is 19.1. The molecule has 0 radical (unpaired) electrons. The van der Waals surface area contributed by atoms with Crippen LogP contribution in [-0.4, -0.2) is 19.9 Å². The minimum Gasteiger partial charge on any atom is -0.453 e. The van der Waals surface area contributed by atoms with E-state index in [2.05, 4.69) is 19.9 Å². The molecule has 5 N–H and O–H groups in total. The number of nitrogens with one attached hydrogen (secondary N) is 1. The van der Waals surface area contributed by atoms with E-state index in [-0.39, 0.29) is 17.5 Å². The van der Waals surface area contributed by atoms with Crippen LogP contribution in [0.3, 0.4) is 0 Å². The Labute approximate surface area is 147 Å². The number of aromatic amines is 1. The van der Waals surface area contributed by atoms with E-state index in [0.29, 0.717) is 22.5 Å². The fourth-order valence-corrected chi connectivity index (χ4v) is 2.77. The number of nitrogen functional groups attached to an aromatic ring is 2. The smallest absolute Gasteiger partial charge is 0.221 e. The van der Waals surface area contributed by atoms with E-state index in [9.17, 15) is 4.39 Å². The predicted octanol–water partition coefficient (Wildman–Crippen LogP) is 3.42. The Morgan fingerprint density at radius 2 is 1.96 bits per heavy atom. The first-order chi connectivity index (χ1) is 12.5. The van der Waals surface area contributed by atoms with Crippen molar-refractivity contribution >= 4 is 22.8 Å². The summed E-state index contributed by atoms with van der Waals surface area (Å²) < 4.78 is 20.4. The second kappa shape index (κ2) is 5.99. The van der Waals surface area contributed by atoms with Crippen molar-refractivity contribution in [2.24, 2.45) is 0 Å². The number of rotatable bonds is 3. The van der Waals surface area contributed by atoms with E-state index in [1.54, 1.807) is 18.3 Å². The molecule has 8 heteroatoms. The standard InChI is InChI=1S/C18H15FN6O/c1-9-7-23-17-15(9)14(4-5-22-17)26-13-3-2-10(6-12(13)19)11-8-24-18(21)25-16(11)20/h2-8H,1H3,(H,22,23)(H4,20,21,24,25). The van der Waals surface area contributed by atoms with Crippen molar-refractivity contribution in [1.29, 1.82) is 0 Å². The monoisotopic (exact) mass is 350 g/mol. The number of benzene rings is 1. The maximum atomic E-state index is 14.6. The largest absolute Gasteiger partial charge is 0.453 e. The summed E-state index contributed by atoms with van der Waals surface area (Å²) in [6, 6.07) is 6.24. The molecular weight excluding hydrogens is 335 g/mol. The topological polar surface area (TPSA) is 116 Å². The molecule has 7 nitrogen and oxygen atoms in total. The number of ether oxygens (including phenoxy) is 1. The zero-order chi connectivity index (χ0) is 18.3. The molecule has 1 aromatic carbocycles. The molecule has 0 unspecified atom stereocenters. The van der Waals surface area contributed by atoms with Gasteiger partial charge in [-0.3, -0.25) is 0 Å². The molecule has 0 aliphatic carbocycles. The maximum absolute atomic E-state index is 14.6. The number of nitrogens with zero attached hydrogens (tertiary/aromatic N) is 3. The molecule has 26 heavy (non-hydrogen) atoms. The normalized spacial score (nSPS) is 11.0. The highest BCUT2D eigenvalue weighted by Crippen LogP contribution is 2.34. The summed E-state index contributed by atoms with van der Waals surface area (Å²) in [5, 5.41) is 0.812. The molecule has 0 atom stereocenters. The summed E-state index contributed by atoms with van der Waals surface area (Å²) in [4.78, 5) is 15.1. The van der Waals surface area contributed by atoms with Crippen LogP contribution >= 0.6 is 0 Å². The van der Waals surface area contributed by atoms with Gasteiger partial charge < -0.3 is 21.2 Å². The molecule has 3 aromatic heterocycles. The van der Waals surface area contributed by atoms with Gasteiger partial charge >= 0.3 is 0 Å². The first kappa shape index (κ1) is 15.8. The number of nitrogens with two attached hydrogens (primary N) is 2. The number of halogens is 1. The molecule has 0 fully saturated rings. The Kier molecular flexibility index (Phi) is 3.65. The van der Waals surface area contributed by atoms with Crippen molar-refractivity contribution in [3.05, 3.63) is 54.2 Å². The number of aromatic nitrogens is 4. The third-order valence-electron chi connectivity index (χ3n) is 4.03. The van der Waals surface area contributed by atoms with Crippen LogP contribution in [0.4, 0.5) is 16.2 Å². The van der Waals surface area contributed by atoms with Crippen molar-refractivity contribution in [1.82, 2.24) is 19.9 Å². The Morgan fingerprint density at radius 1 is 1.12 bits per heavy atom. The van der Waals surface area contributed by atoms with Crippen LogP contribution < -0.4 is 16.2 Å². The van der Waals surface area contributed by atoms with Crippen molar-refractivity contribution in [3.8, 4) is 22.6 Å². The average Bonchev–Trinajstić information content (AvgIpc) is 2.99. The van der Waals surface area contributed by atoms with Crippen LogP contribution in [0.1, 0.15) is 5.56 Å². The number of aryl methyl sites for hydroxylation is 1. The Balaban J connectivity index is 1.71. The molecule has 0 aliphatic heterocycles. The van der Waals surface area contributed by atoms with Crippen LogP contribution in [0, 0.1) is 12.7 Å². The third-order valence-corrected chi connectivity index (χ3v) is 4.03. The van der Waals surface area contributed by atoms with Gasteiger partial charge in [0.25, 0.3) is 0 Å². The average molecular weight is 350 g/mol. The lowest BCUT2D eigenvalue weighted by Crippen LogP contribution is -2.01. The van der Waals surface area contributed by atoms with E-state index in [0.717, 1.165) is 10.9 Å². The summed E-state index contributed by atoms with van der Waals surface area (Å²) in [7, 11) is 0. The molecule has 0 spiro atoms. The molecule has 0 saturated carbocycles. The highest BCUT2D eigenvalue weighted by Gasteiger charge is 2.13. The summed E-state index contributed by atoms with van der Waals surface area (Å²) in [5.41, 5.74) is 14.0. The van der Waals surface area contributed by atoms with Gasteiger partial charge in [-0.25, -0.2) is 14.4 Å². The van der Waals surface area contributed by atoms with E-state index >= 15 is 0 Å². The lowest BCUT2D eigenvalue weighted by atomic mass is 10.1. The lowest BCUT2D eigenvalue weighted by Gasteiger charge is -2.10. The molecule has 0 amide bonds. The van der Waals surface area contributed by atoms with Crippen molar-refractivity contribution in [3.63, 3.8) is 0 Å². The first-order valence-electron chi connectivity index (χ1n) is 7.81. The molecule has 0 bridgehead atoms. The Bertz CT molecular complexity index is 1120. The second-order valence-corrected chi connectivity index (χ2v) is 5.78. The number of fused-ring (bicyclic) bond motifs is 1. The summed E-state index contributed by atoms with van der Waals surface area (Å²) >= 11 is 0. The van der Waals surface area contributed by atoms with Crippen LogP contribution in [0.2, 0.25) is 0 Å². The van der Waals surface area contributed by atoms with E-state index in [1.807, 2.05) is 13.1 Å². The molecule has 3 heterocycles. The highest BCUT2D eigenvalue weighted by molar-refractivity contribution is 5.86. The molecule has 0 aliphatic rings. The Hall–Kier alpha value is -3.68. The van der Waals surface area contributed by atoms with E-state index in [1.165, 1.54) is 18.3 Å². The van der Waals surface area contributed by atoms with Gasteiger partial charge in [0.1, 0.15) is 17.2 Å². The van der Waals surface area contributed by atoms with Crippen LogP contribution in [-0.2, 0) is 0 Å². The summed E-state index contributed by atoms with van der Waals surface area (Å²) in [5.74, 6) is 0.337. The molecule has 0 saturated heterocycles. The lowest BCUT2D eigenvalue weighted by molar-refractivity contribution is 0.446. The minimum atomic E-state index is -0.531. The van der Waals surface area contributed by atoms with Gasteiger partial charge in [-0.2, -0.15) is 4.98 Å². The summed E-state index contributed by atoms with van der Waals surface area (Å²) in [6.45, 7) is 1.93. The molecule has 130 valence electrons. The van der Waals surface area contributed by atoms with Gasteiger partial charge in [0.05, 0.1) is 5.39 Å². The fraction of sp³-hybridized carbons (Fsp3) is 0.0556. The molecule has 4 aromatic rings. The maximum Gasteiger partial charge on any atom is 0.221 e. The zero-order valence-corrected chi connectivity index (χ0v) is 13.8. The number of anilines is 2. The minimum absolute atomic E-state index is 0.0650. The number of hydrogen-bond donors (Lipinski definition) is 3. The van der Waals surface area contributed by atoms with Crippen molar-refractivity contribution in [2.45, 2.75) is 6.92 Å². The fourth-order valence-electron chi connectivity index (χ4n) is 2.77. The molecule has 4 rings (SSSR count). The van der Waals surface area contributed by atoms with Crippen molar-refractivity contribution in [2.75, 3.05) is 11.5 Å². The van der Waals surface area contributed by atoms with Crippen LogP contribution in [0.15, 0.2) is 42.9 Å². The third kappa shape index (κ3) is 2.67. The van der Waals surface area contributed by atoms with Gasteiger partial charge in [-0.05, 0) is 36.2 Å². The quantitative estimate of drug-likeness (QED) is 0.521. The van der Waals surface area contributed by atoms with Gasteiger partial charge in [-0.1, -0.05) is 6.07 Å². The van der Waals surface area contributed by atoms with Crippen molar-refractivity contribution < 1.29 is 9.13 Å². The SMILES string of the molecule is Cc1c[nH]c2nccc(Oc3ccc(-c4cnc(N)nc4N)cc3F)c12. The Morgan fingerprint density at radius 3 is 2.73 bits per heavy atom. The number of H-pyrrole nitrogens is 1. The number of hydrogen-bond acceptors (Lipinski definition) is 6. The summed E-state index contributed by atoms with van der Waals surface area (Å²) in [6.07, 6.45) is 4.89. The van der Waals surface area contributed by atoms with Gasteiger partial charge in [-0.15, -0.1) is 0 Å². The zero-order valence-electron chi connectivity index (χ0n) is 13.8. The molecular formula is C18H15FN6O. The van der Waals surface area contributed by atoms with E-state index < -0.39 is 5.82 Å². The van der Waals surface area contributed by atoms with Crippen LogP contribution in [0.5, 0.6) is 11.5 Å². The first-order valence-corrected chi connectivity index (χ1v) is 7.81. The van der Waals surface area contributed by atoms with Gasteiger partial charge in [0, 0.05) is 24.2 Å².